The molecule has 1 atom stereocenters. The van der Waals surface area contributed by atoms with Crippen molar-refractivity contribution < 1.29 is 19.0 Å². The van der Waals surface area contributed by atoms with Gasteiger partial charge in [-0.2, -0.15) is 0 Å². The molecule has 0 heterocycles. The molecule has 0 aliphatic rings. The molecule has 2 N–H and O–H groups in total. The molecule has 0 spiro atoms. The second kappa shape index (κ2) is 11.0. The predicted octanol–water partition coefficient (Wildman–Crippen LogP) is 3.19. The van der Waals surface area contributed by atoms with E-state index in [0.717, 1.165) is 19.4 Å². The van der Waals surface area contributed by atoms with Crippen LogP contribution in [0.2, 0.25) is 0 Å². The normalized spacial score (nSPS) is 12.4. The van der Waals surface area contributed by atoms with Crippen LogP contribution in [0.3, 0.4) is 0 Å². The van der Waals surface area contributed by atoms with Gasteiger partial charge in [-0.25, -0.2) is 4.39 Å². The van der Waals surface area contributed by atoms with Gasteiger partial charge < -0.3 is 19.9 Å². The molecule has 4 nitrogen and oxygen atoms in total. The fraction of sp³-hybridized carbons (Fsp3) is 0.600. The van der Waals surface area contributed by atoms with Crippen LogP contribution in [0.25, 0.3) is 0 Å². The smallest absolute Gasteiger partial charge is 0.147 e. The van der Waals surface area contributed by atoms with Crippen molar-refractivity contribution in [2.45, 2.75) is 25.9 Å². The summed E-state index contributed by atoms with van der Waals surface area (Å²) in [5, 5.41) is 12.6. The van der Waals surface area contributed by atoms with E-state index in [2.05, 4.69) is 28.2 Å². The van der Waals surface area contributed by atoms with Crippen molar-refractivity contribution in [3.8, 4) is 0 Å². The van der Waals surface area contributed by atoms with E-state index < -0.39 is 6.10 Å². The number of halogens is 2. The van der Waals surface area contributed by atoms with Crippen molar-refractivity contribution >= 4 is 21.6 Å². The van der Waals surface area contributed by atoms with Crippen molar-refractivity contribution in [2.24, 2.45) is 0 Å². The Morgan fingerprint density at radius 1 is 1.29 bits per heavy atom. The lowest BCUT2D eigenvalue weighted by molar-refractivity contribution is 0.00748. The van der Waals surface area contributed by atoms with E-state index in [0.29, 0.717) is 23.4 Å². The van der Waals surface area contributed by atoms with E-state index in [1.165, 1.54) is 6.07 Å². The SMILES string of the molecule is CCCCOCCOCC(O)CNc1ccc(Br)cc1F. The lowest BCUT2D eigenvalue weighted by Gasteiger charge is -2.14. The molecule has 0 aliphatic heterocycles. The van der Waals surface area contributed by atoms with Crippen LogP contribution in [0, 0.1) is 5.82 Å². The first-order valence-electron chi connectivity index (χ1n) is 7.16. The Balaban J connectivity index is 2.09. The van der Waals surface area contributed by atoms with Gasteiger partial charge in [-0.3, -0.25) is 0 Å². The quantitative estimate of drug-likeness (QED) is 0.592. The van der Waals surface area contributed by atoms with Crippen molar-refractivity contribution in [3.63, 3.8) is 0 Å². The van der Waals surface area contributed by atoms with Crippen LogP contribution in [0.15, 0.2) is 22.7 Å². The van der Waals surface area contributed by atoms with E-state index >= 15 is 0 Å². The molecule has 21 heavy (non-hydrogen) atoms. The van der Waals surface area contributed by atoms with Crippen LogP contribution in [0.4, 0.5) is 10.1 Å². The average molecular weight is 364 g/mol. The third-order valence-electron chi connectivity index (χ3n) is 2.78. The van der Waals surface area contributed by atoms with Crippen molar-refractivity contribution in [3.05, 3.63) is 28.5 Å². The highest BCUT2D eigenvalue weighted by molar-refractivity contribution is 9.10. The Bertz CT molecular complexity index is 407. The molecule has 6 heteroatoms. The van der Waals surface area contributed by atoms with E-state index in [1.807, 2.05) is 0 Å². The van der Waals surface area contributed by atoms with Gasteiger partial charge in [0, 0.05) is 17.6 Å². The largest absolute Gasteiger partial charge is 0.389 e. The highest BCUT2D eigenvalue weighted by Crippen LogP contribution is 2.19. The minimum Gasteiger partial charge on any atom is -0.389 e. The maximum atomic E-state index is 13.5. The van der Waals surface area contributed by atoms with Gasteiger partial charge in [0.15, 0.2) is 0 Å². The molecular formula is C15H23BrFNO3. The summed E-state index contributed by atoms with van der Waals surface area (Å²) >= 11 is 3.19. The van der Waals surface area contributed by atoms with Gasteiger partial charge in [-0.15, -0.1) is 0 Å². The third-order valence-corrected chi connectivity index (χ3v) is 3.28. The molecule has 1 aromatic carbocycles. The molecule has 0 fully saturated rings. The Kier molecular flexibility index (Phi) is 9.58. The standard InChI is InChI=1S/C15H23BrFNO3/c1-2-3-6-20-7-8-21-11-13(19)10-18-15-5-4-12(16)9-14(15)17/h4-5,9,13,18-19H,2-3,6-8,10-11H2,1H3. The Hall–Kier alpha value is -0.690. The number of nitrogens with one attached hydrogen (secondary N) is 1. The molecular weight excluding hydrogens is 341 g/mol. The number of aliphatic hydroxyl groups excluding tert-OH is 1. The van der Waals surface area contributed by atoms with Gasteiger partial charge in [0.25, 0.3) is 0 Å². The second-order valence-electron chi connectivity index (χ2n) is 4.70. The van der Waals surface area contributed by atoms with Gasteiger partial charge in [-0.1, -0.05) is 29.3 Å². The number of unbranched alkanes of at least 4 members (excludes halogenated alkanes) is 1. The average Bonchev–Trinajstić information content (AvgIpc) is 2.45. The first-order valence-corrected chi connectivity index (χ1v) is 7.95. The summed E-state index contributed by atoms with van der Waals surface area (Å²) in [6.45, 7) is 4.26. The molecule has 1 rings (SSSR count). The number of ether oxygens (including phenoxy) is 2. The molecule has 0 amide bonds. The predicted molar refractivity (Wildman–Crippen MR) is 85.1 cm³/mol. The van der Waals surface area contributed by atoms with Crippen molar-refractivity contribution in [1.29, 1.82) is 0 Å². The zero-order valence-corrected chi connectivity index (χ0v) is 13.9. The highest BCUT2D eigenvalue weighted by atomic mass is 79.9. The molecule has 1 aromatic rings. The first kappa shape index (κ1) is 18.4. The minimum absolute atomic E-state index is 0.197. The molecule has 0 saturated heterocycles. The number of anilines is 1. The maximum Gasteiger partial charge on any atom is 0.147 e. The van der Waals surface area contributed by atoms with E-state index in [4.69, 9.17) is 9.47 Å². The molecule has 0 aliphatic carbocycles. The van der Waals surface area contributed by atoms with Crippen LogP contribution in [0.1, 0.15) is 19.8 Å². The molecule has 0 saturated carbocycles. The summed E-state index contributed by atoms with van der Waals surface area (Å²) in [6.07, 6.45) is 1.46. The van der Waals surface area contributed by atoms with Crippen molar-refractivity contribution in [2.75, 3.05) is 38.3 Å². The van der Waals surface area contributed by atoms with Gasteiger partial charge in [0.2, 0.25) is 0 Å². The van der Waals surface area contributed by atoms with E-state index in [1.54, 1.807) is 12.1 Å². The summed E-state index contributed by atoms with van der Waals surface area (Å²) in [5.41, 5.74) is 0.361. The summed E-state index contributed by atoms with van der Waals surface area (Å²) < 4.78 is 24.8. The summed E-state index contributed by atoms with van der Waals surface area (Å²) in [5.74, 6) is -0.359. The number of rotatable bonds is 11. The summed E-state index contributed by atoms with van der Waals surface area (Å²) in [6, 6.07) is 4.73. The third kappa shape index (κ3) is 8.36. The number of benzene rings is 1. The fourth-order valence-corrected chi connectivity index (χ4v) is 1.94. The molecule has 0 radical (unpaired) electrons. The molecule has 1 unspecified atom stereocenters. The number of hydrogen-bond acceptors (Lipinski definition) is 4. The minimum atomic E-state index is -0.691. The van der Waals surface area contributed by atoms with Gasteiger partial charge in [-0.05, 0) is 24.6 Å². The maximum absolute atomic E-state index is 13.5. The summed E-state index contributed by atoms with van der Waals surface area (Å²) in [7, 11) is 0. The topological polar surface area (TPSA) is 50.7 Å². The van der Waals surface area contributed by atoms with Crippen molar-refractivity contribution in [1.82, 2.24) is 0 Å². The van der Waals surface area contributed by atoms with Crippen LogP contribution < -0.4 is 5.32 Å². The van der Waals surface area contributed by atoms with Crippen LogP contribution >= 0.6 is 15.9 Å². The van der Waals surface area contributed by atoms with E-state index in [-0.39, 0.29) is 19.0 Å². The van der Waals surface area contributed by atoms with Gasteiger partial charge >= 0.3 is 0 Å². The Labute approximate surface area is 133 Å². The van der Waals surface area contributed by atoms with Gasteiger partial charge in [0.1, 0.15) is 5.82 Å². The van der Waals surface area contributed by atoms with Crippen LogP contribution in [0.5, 0.6) is 0 Å². The fourth-order valence-electron chi connectivity index (χ4n) is 1.61. The zero-order valence-electron chi connectivity index (χ0n) is 12.3. The van der Waals surface area contributed by atoms with Gasteiger partial charge in [0.05, 0.1) is 31.6 Å². The van der Waals surface area contributed by atoms with Crippen LogP contribution in [-0.2, 0) is 9.47 Å². The van der Waals surface area contributed by atoms with E-state index in [9.17, 15) is 9.50 Å². The second-order valence-corrected chi connectivity index (χ2v) is 5.62. The Morgan fingerprint density at radius 2 is 2.05 bits per heavy atom. The first-order chi connectivity index (χ1) is 10.1. The number of aliphatic hydroxyl groups is 1. The lowest BCUT2D eigenvalue weighted by atomic mass is 10.3. The monoisotopic (exact) mass is 363 g/mol. The number of hydrogen-bond donors (Lipinski definition) is 2. The van der Waals surface area contributed by atoms with Crippen LogP contribution in [-0.4, -0.2) is 44.2 Å². The zero-order chi connectivity index (χ0) is 15.5. The lowest BCUT2D eigenvalue weighted by Crippen LogP contribution is -2.26. The Morgan fingerprint density at radius 3 is 2.76 bits per heavy atom. The summed E-state index contributed by atoms with van der Waals surface area (Å²) in [4.78, 5) is 0. The molecule has 0 bridgehead atoms. The molecule has 120 valence electrons. The molecule has 0 aromatic heterocycles. The highest BCUT2D eigenvalue weighted by Gasteiger charge is 2.07.